The summed E-state index contributed by atoms with van der Waals surface area (Å²) in [6.45, 7) is 0. The van der Waals surface area contributed by atoms with Gasteiger partial charge in [0.05, 0.1) is 20.3 Å². The van der Waals surface area contributed by atoms with Gasteiger partial charge in [0, 0.05) is 20.6 Å². The van der Waals surface area contributed by atoms with Crippen molar-refractivity contribution in [1.29, 1.82) is 0 Å². The zero-order valence-electron chi connectivity index (χ0n) is 11.5. The van der Waals surface area contributed by atoms with E-state index >= 15 is 0 Å². The first-order chi connectivity index (χ1) is 9.97. The minimum Gasteiger partial charge on any atom is -0.493 e. The van der Waals surface area contributed by atoms with Crippen molar-refractivity contribution in [1.82, 2.24) is 0 Å². The number of hydrogen-bond acceptors (Lipinski definition) is 3. The molecule has 0 saturated carbocycles. The molecule has 0 radical (unpaired) electrons. The average Bonchev–Trinajstić information content (AvgIpc) is 2.48. The number of nitrogens with two attached hydrogens (primary N) is 1. The molecule has 0 aliphatic heterocycles. The van der Waals surface area contributed by atoms with Gasteiger partial charge in [-0.2, -0.15) is 0 Å². The summed E-state index contributed by atoms with van der Waals surface area (Å²) in [6.07, 6.45) is 0. The summed E-state index contributed by atoms with van der Waals surface area (Å²) in [4.78, 5) is 0. The molecule has 0 bridgehead atoms. The van der Waals surface area contributed by atoms with E-state index in [1.807, 2.05) is 18.2 Å². The van der Waals surface area contributed by atoms with Crippen LogP contribution < -0.4 is 15.2 Å². The molecule has 0 saturated heterocycles. The first-order valence-corrected chi connectivity index (χ1v) is 7.68. The third-order valence-electron chi connectivity index (χ3n) is 3.13. The lowest BCUT2D eigenvalue weighted by atomic mass is 9.98. The number of hydrogen-bond donors (Lipinski definition) is 1. The minimum atomic E-state index is -0.628. The van der Waals surface area contributed by atoms with Crippen LogP contribution in [0.1, 0.15) is 17.2 Å². The molecule has 3 nitrogen and oxygen atoms in total. The Hall–Kier alpha value is -1.11. The topological polar surface area (TPSA) is 44.5 Å². The molecule has 0 amide bonds. The molecule has 2 rings (SSSR count). The largest absolute Gasteiger partial charge is 0.493 e. The van der Waals surface area contributed by atoms with Crippen LogP contribution in [-0.2, 0) is 0 Å². The van der Waals surface area contributed by atoms with Gasteiger partial charge in [-0.3, -0.25) is 0 Å². The molecule has 2 aromatic rings. The van der Waals surface area contributed by atoms with E-state index in [1.165, 1.54) is 20.3 Å². The van der Waals surface area contributed by atoms with Gasteiger partial charge in [-0.05, 0) is 29.8 Å². The predicted octanol–water partition coefficient (Wildman–Crippen LogP) is 4.42. The second-order valence-electron chi connectivity index (χ2n) is 4.37. The standard InChI is InChI=1S/C15H14Br2FNO2/c1-20-13-6-10(12(18)7-14(13)21-2)15(19)9-5-8(16)3-4-11(9)17/h3-7,15H,19H2,1-2H3. The summed E-state index contributed by atoms with van der Waals surface area (Å²) in [7, 11) is 2.96. The fraction of sp³-hybridized carbons (Fsp3) is 0.200. The first-order valence-electron chi connectivity index (χ1n) is 6.10. The van der Waals surface area contributed by atoms with E-state index in [-0.39, 0.29) is 0 Å². The molecule has 2 aromatic carbocycles. The summed E-state index contributed by atoms with van der Waals surface area (Å²) in [5.74, 6) is 0.335. The second kappa shape index (κ2) is 6.77. The highest BCUT2D eigenvalue weighted by Crippen LogP contribution is 2.36. The number of ether oxygens (including phenoxy) is 2. The van der Waals surface area contributed by atoms with Crippen LogP contribution in [0.4, 0.5) is 4.39 Å². The molecule has 0 spiro atoms. The van der Waals surface area contributed by atoms with E-state index in [9.17, 15) is 4.39 Å². The van der Waals surface area contributed by atoms with Crippen LogP contribution >= 0.6 is 31.9 Å². The summed E-state index contributed by atoms with van der Waals surface area (Å²) >= 11 is 6.83. The fourth-order valence-electron chi connectivity index (χ4n) is 2.03. The predicted molar refractivity (Wildman–Crippen MR) is 87.4 cm³/mol. The van der Waals surface area contributed by atoms with Gasteiger partial charge in [0.15, 0.2) is 11.5 Å². The number of benzene rings is 2. The van der Waals surface area contributed by atoms with Gasteiger partial charge in [0.25, 0.3) is 0 Å². The highest BCUT2D eigenvalue weighted by molar-refractivity contribution is 9.11. The summed E-state index contributed by atoms with van der Waals surface area (Å²) < 4.78 is 26.2. The molecule has 6 heteroatoms. The molecule has 112 valence electrons. The lowest BCUT2D eigenvalue weighted by molar-refractivity contribution is 0.351. The summed E-state index contributed by atoms with van der Waals surface area (Å²) in [6, 6.07) is 7.80. The van der Waals surface area contributed by atoms with Gasteiger partial charge in [-0.1, -0.05) is 31.9 Å². The smallest absolute Gasteiger partial charge is 0.163 e. The van der Waals surface area contributed by atoms with Crippen LogP contribution in [0.25, 0.3) is 0 Å². The van der Waals surface area contributed by atoms with Crippen LogP contribution in [0, 0.1) is 5.82 Å². The molecule has 1 unspecified atom stereocenters. The molecule has 0 aliphatic carbocycles. The maximum atomic E-state index is 14.3. The Morgan fingerprint density at radius 1 is 1.00 bits per heavy atom. The lowest BCUT2D eigenvalue weighted by Crippen LogP contribution is -2.14. The van der Waals surface area contributed by atoms with Crippen molar-refractivity contribution in [3.05, 3.63) is 56.2 Å². The Bertz CT molecular complexity index is 664. The molecule has 0 fully saturated rings. The van der Waals surface area contributed by atoms with Crippen molar-refractivity contribution in [2.75, 3.05) is 14.2 Å². The highest BCUT2D eigenvalue weighted by atomic mass is 79.9. The second-order valence-corrected chi connectivity index (χ2v) is 6.14. The maximum absolute atomic E-state index is 14.3. The normalized spacial score (nSPS) is 12.1. The van der Waals surface area contributed by atoms with Crippen molar-refractivity contribution in [3.8, 4) is 11.5 Å². The average molecular weight is 419 g/mol. The monoisotopic (exact) mass is 417 g/mol. The van der Waals surface area contributed by atoms with Gasteiger partial charge in [-0.25, -0.2) is 4.39 Å². The molecule has 21 heavy (non-hydrogen) atoms. The van der Waals surface area contributed by atoms with Crippen LogP contribution in [0.15, 0.2) is 39.3 Å². The molecule has 0 aromatic heterocycles. The molecule has 1 atom stereocenters. The van der Waals surface area contributed by atoms with Crippen molar-refractivity contribution in [2.24, 2.45) is 5.73 Å². The van der Waals surface area contributed by atoms with Gasteiger partial charge in [0.1, 0.15) is 5.82 Å². The molecular weight excluding hydrogens is 405 g/mol. The van der Waals surface area contributed by atoms with Crippen molar-refractivity contribution in [2.45, 2.75) is 6.04 Å². The molecule has 2 N–H and O–H groups in total. The number of methoxy groups -OCH3 is 2. The van der Waals surface area contributed by atoms with E-state index in [2.05, 4.69) is 31.9 Å². The van der Waals surface area contributed by atoms with Gasteiger partial charge >= 0.3 is 0 Å². The van der Waals surface area contributed by atoms with Crippen LogP contribution in [0.3, 0.4) is 0 Å². The molecule has 0 aliphatic rings. The zero-order chi connectivity index (χ0) is 15.6. The van der Waals surface area contributed by atoms with Crippen LogP contribution in [-0.4, -0.2) is 14.2 Å². The van der Waals surface area contributed by atoms with E-state index in [0.29, 0.717) is 17.1 Å². The Morgan fingerprint density at radius 3 is 2.24 bits per heavy atom. The van der Waals surface area contributed by atoms with Gasteiger partial charge < -0.3 is 15.2 Å². The Balaban J connectivity index is 2.52. The highest BCUT2D eigenvalue weighted by Gasteiger charge is 2.20. The number of rotatable bonds is 4. The van der Waals surface area contributed by atoms with E-state index in [1.54, 1.807) is 6.07 Å². The summed E-state index contributed by atoms with van der Waals surface area (Å²) in [5, 5.41) is 0. The van der Waals surface area contributed by atoms with Crippen LogP contribution in [0.5, 0.6) is 11.5 Å². The molecule has 0 heterocycles. The van der Waals surface area contributed by atoms with Crippen molar-refractivity contribution < 1.29 is 13.9 Å². The van der Waals surface area contributed by atoms with Gasteiger partial charge in [-0.15, -0.1) is 0 Å². The molecular formula is C15H14Br2FNO2. The van der Waals surface area contributed by atoms with E-state index in [4.69, 9.17) is 15.2 Å². The fourth-order valence-corrected chi connectivity index (χ4v) is 2.90. The zero-order valence-corrected chi connectivity index (χ0v) is 14.7. The maximum Gasteiger partial charge on any atom is 0.163 e. The Kier molecular flexibility index (Phi) is 5.24. The third-order valence-corrected chi connectivity index (χ3v) is 4.35. The summed E-state index contributed by atoms with van der Waals surface area (Å²) in [5.41, 5.74) is 7.33. The van der Waals surface area contributed by atoms with Crippen molar-refractivity contribution in [3.63, 3.8) is 0 Å². The van der Waals surface area contributed by atoms with E-state index < -0.39 is 11.9 Å². The Morgan fingerprint density at radius 2 is 1.62 bits per heavy atom. The first kappa shape index (κ1) is 16.3. The quantitative estimate of drug-likeness (QED) is 0.799. The van der Waals surface area contributed by atoms with Crippen molar-refractivity contribution >= 4 is 31.9 Å². The SMILES string of the molecule is COc1cc(F)c(C(N)c2cc(Br)ccc2Br)cc1OC. The Labute approximate surface area is 139 Å². The third kappa shape index (κ3) is 3.39. The lowest BCUT2D eigenvalue weighted by Gasteiger charge is -2.18. The van der Waals surface area contributed by atoms with Crippen LogP contribution in [0.2, 0.25) is 0 Å². The van der Waals surface area contributed by atoms with E-state index in [0.717, 1.165) is 14.5 Å². The number of halogens is 3. The minimum absolute atomic E-state index is 0.333. The van der Waals surface area contributed by atoms with Gasteiger partial charge in [0.2, 0.25) is 0 Å².